The molecule has 2 heterocycles. The molecule has 0 radical (unpaired) electrons. The van der Waals surface area contributed by atoms with Gasteiger partial charge in [0, 0.05) is 22.7 Å². The SMILES string of the molecule is Cc1cc(C(C)NS(=O)(=O)c2cc(N)cs2)c(C)o1. The van der Waals surface area contributed by atoms with Gasteiger partial charge in [0.1, 0.15) is 15.7 Å². The van der Waals surface area contributed by atoms with E-state index in [0.717, 1.165) is 28.4 Å². The lowest BCUT2D eigenvalue weighted by Gasteiger charge is -2.12. The molecule has 0 aliphatic rings. The molecule has 19 heavy (non-hydrogen) atoms. The van der Waals surface area contributed by atoms with Crippen molar-refractivity contribution in [3.63, 3.8) is 0 Å². The van der Waals surface area contributed by atoms with Crippen LogP contribution in [0.3, 0.4) is 0 Å². The molecule has 104 valence electrons. The average Bonchev–Trinajstić information content (AvgIpc) is 2.84. The van der Waals surface area contributed by atoms with Crippen LogP contribution >= 0.6 is 11.3 Å². The minimum absolute atomic E-state index is 0.217. The van der Waals surface area contributed by atoms with Crippen LogP contribution in [-0.2, 0) is 10.0 Å². The number of nitrogen functional groups attached to an aromatic ring is 1. The Hall–Kier alpha value is -1.31. The summed E-state index contributed by atoms with van der Waals surface area (Å²) in [4.78, 5) is 0. The lowest BCUT2D eigenvalue weighted by molar-refractivity contribution is 0.496. The second-order valence-corrected chi connectivity index (χ2v) is 7.26. The van der Waals surface area contributed by atoms with Crippen molar-refractivity contribution in [3.05, 3.63) is 34.6 Å². The first-order chi connectivity index (χ1) is 8.79. The standard InChI is InChI=1S/C12H16N2O3S2/c1-7-4-11(9(3)17-7)8(2)14-19(15,16)12-5-10(13)6-18-12/h4-6,8,14H,13H2,1-3H3. The van der Waals surface area contributed by atoms with Crippen molar-refractivity contribution in [2.24, 2.45) is 0 Å². The van der Waals surface area contributed by atoms with Crippen molar-refractivity contribution in [2.75, 3.05) is 5.73 Å². The second-order valence-electron chi connectivity index (χ2n) is 4.41. The molecular weight excluding hydrogens is 284 g/mol. The molecule has 0 aliphatic carbocycles. The van der Waals surface area contributed by atoms with E-state index >= 15 is 0 Å². The number of thiophene rings is 1. The van der Waals surface area contributed by atoms with Crippen LogP contribution in [0.1, 0.15) is 30.0 Å². The molecule has 1 atom stereocenters. The fraction of sp³-hybridized carbons (Fsp3) is 0.333. The number of nitrogens with two attached hydrogens (primary N) is 1. The highest BCUT2D eigenvalue weighted by Crippen LogP contribution is 2.26. The molecule has 0 spiro atoms. The number of aryl methyl sites for hydroxylation is 2. The molecule has 0 fully saturated rings. The Morgan fingerprint density at radius 3 is 2.53 bits per heavy atom. The number of furan rings is 1. The van der Waals surface area contributed by atoms with Gasteiger partial charge < -0.3 is 10.2 Å². The summed E-state index contributed by atoms with van der Waals surface area (Å²) in [6, 6.07) is 2.93. The Morgan fingerprint density at radius 2 is 2.05 bits per heavy atom. The predicted molar refractivity (Wildman–Crippen MR) is 75.6 cm³/mol. The highest BCUT2D eigenvalue weighted by Gasteiger charge is 2.22. The quantitative estimate of drug-likeness (QED) is 0.908. The Balaban J connectivity index is 2.23. The molecule has 2 aromatic heterocycles. The molecule has 7 heteroatoms. The van der Waals surface area contributed by atoms with E-state index in [9.17, 15) is 8.42 Å². The van der Waals surface area contributed by atoms with Crippen LogP contribution in [0, 0.1) is 13.8 Å². The Bertz CT molecular complexity index is 686. The number of hydrogen-bond donors (Lipinski definition) is 2. The summed E-state index contributed by atoms with van der Waals surface area (Å²) in [6.45, 7) is 5.43. The second kappa shape index (κ2) is 4.99. The van der Waals surface area contributed by atoms with Crippen molar-refractivity contribution in [3.8, 4) is 0 Å². The molecule has 2 rings (SSSR count). The van der Waals surface area contributed by atoms with Crippen molar-refractivity contribution in [2.45, 2.75) is 31.0 Å². The lowest BCUT2D eigenvalue weighted by Crippen LogP contribution is -2.26. The van der Waals surface area contributed by atoms with Crippen LogP contribution in [0.4, 0.5) is 5.69 Å². The Morgan fingerprint density at radius 1 is 1.37 bits per heavy atom. The zero-order chi connectivity index (χ0) is 14.2. The van der Waals surface area contributed by atoms with Gasteiger partial charge in [-0.3, -0.25) is 0 Å². The van der Waals surface area contributed by atoms with Crippen LogP contribution in [-0.4, -0.2) is 8.42 Å². The van der Waals surface area contributed by atoms with Gasteiger partial charge in [-0.15, -0.1) is 11.3 Å². The molecular formula is C12H16N2O3S2. The first-order valence-corrected chi connectivity index (χ1v) is 8.09. The smallest absolute Gasteiger partial charge is 0.250 e. The third-order valence-corrected chi connectivity index (χ3v) is 5.74. The van der Waals surface area contributed by atoms with E-state index in [2.05, 4.69) is 4.72 Å². The third-order valence-electron chi connectivity index (χ3n) is 2.74. The maximum absolute atomic E-state index is 12.2. The van der Waals surface area contributed by atoms with E-state index in [0.29, 0.717) is 5.69 Å². The van der Waals surface area contributed by atoms with Crippen LogP contribution in [0.2, 0.25) is 0 Å². The molecule has 0 aliphatic heterocycles. The van der Waals surface area contributed by atoms with E-state index in [1.165, 1.54) is 6.07 Å². The third kappa shape index (κ3) is 2.99. The Labute approximate surface area is 116 Å². The topological polar surface area (TPSA) is 85.3 Å². The summed E-state index contributed by atoms with van der Waals surface area (Å²) in [7, 11) is -3.55. The van der Waals surface area contributed by atoms with Crippen LogP contribution in [0.15, 0.2) is 26.1 Å². The molecule has 0 bridgehead atoms. The van der Waals surface area contributed by atoms with Crippen LogP contribution in [0.5, 0.6) is 0 Å². The maximum Gasteiger partial charge on any atom is 0.250 e. The number of anilines is 1. The van der Waals surface area contributed by atoms with Crippen LogP contribution < -0.4 is 10.5 Å². The van der Waals surface area contributed by atoms with Gasteiger partial charge in [-0.25, -0.2) is 13.1 Å². The van der Waals surface area contributed by atoms with Gasteiger partial charge in [0.25, 0.3) is 10.0 Å². The van der Waals surface area contributed by atoms with Gasteiger partial charge in [-0.05, 0) is 32.9 Å². The molecule has 2 aromatic rings. The average molecular weight is 300 g/mol. The highest BCUT2D eigenvalue weighted by molar-refractivity contribution is 7.91. The maximum atomic E-state index is 12.2. The van der Waals surface area contributed by atoms with Crippen molar-refractivity contribution < 1.29 is 12.8 Å². The van der Waals surface area contributed by atoms with E-state index in [4.69, 9.17) is 10.2 Å². The zero-order valence-electron chi connectivity index (χ0n) is 10.9. The first kappa shape index (κ1) is 14.1. The molecule has 0 amide bonds. The first-order valence-electron chi connectivity index (χ1n) is 5.73. The minimum atomic E-state index is -3.55. The largest absolute Gasteiger partial charge is 0.466 e. The molecule has 1 unspecified atom stereocenters. The summed E-state index contributed by atoms with van der Waals surface area (Å²) in [5, 5.41) is 1.60. The van der Waals surface area contributed by atoms with Gasteiger partial charge in [-0.2, -0.15) is 0 Å². The molecule has 0 aromatic carbocycles. The molecule has 0 saturated heterocycles. The number of nitrogens with one attached hydrogen (secondary N) is 1. The normalized spacial score (nSPS) is 13.6. The summed E-state index contributed by atoms with van der Waals surface area (Å²) in [5.41, 5.74) is 6.84. The van der Waals surface area contributed by atoms with E-state index < -0.39 is 10.0 Å². The van der Waals surface area contributed by atoms with Gasteiger partial charge in [0.15, 0.2) is 0 Å². The lowest BCUT2D eigenvalue weighted by atomic mass is 10.1. The monoisotopic (exact) mass is 300 g/mol. The molecule has 0 saturated carbocycles. The summed E-state index contributed by atoms with van der Waals surface area (Å²) >= 11 is 1.10. The number of hydrogen-bond acceptors (Lipinski definition) is 5. The van der Waals surface area contributed by atoms with E-state index in [1.54, 1.807) is 12.3 Å². The number of sulfonamides is 1. The summed E-state index contributed by atoms with van der Waals surface area (Å²) < 4.78 is 32.6. The number of rotatable bonds is 4. The van der Waals surface area contributed by atoms with Crippen LogP contribution in [0.25, 0.3) is 0 Å². The van der Waals surface area contributed by atoms with Gasteiger partial charge >= 0.3 is 0 Å². The highest BCUT2D eigenvalue weighted by atomic mass is 32.2. The predicted octanol–water partition coefficient (Wildman–Crippen LogP) is 2.58. The minimum Gasteiger partial charge on any atom is -0.466 e. The molecule has 3 N–H and O–H groups in total. The summed E-state index contributed by atoms with van der Waals surface area (Å²) in [5.74, 6) is 1.48. The zero-order valence-corrected chi connectivity index (χ0v) is 12.6. The van der Waals surface area contributed by atoms with Gasteiger partial charge in [0.2, 0.25) is 0 Å². The van der Waals surface area contributed by atoms with Gasteiger partial charge in [0.05, 0.1) is 0 Å². The summed E-state index contributed by atoms with van der Waals surface area (Å²) in [6.07, 6.45) is 0. The van der Waals surface area contributed by atoms with Gasteiger partial charge in [-0.1, -0.05) is 0 Å². The Kier molecular flexibility index (Phi) is 3.71. The van der Waals surface area contributed by atoms with Crippen molar-refractivity contribution in [1.82, 2.24) is 4.72 Å². The van der Waals surface area contributed by atoms with Crippen molar-refractivity contribution in [1.29, 1.82) is 0 Å². The fourth-order valence-corrected chi connectivity index (χ4v) is 4.23. The van der Waals surface area contributed by atoms with Crippen molar-refractivity contribution >= 4 is 27.0 Å². The van der Waals surface area contributed by atoms with E-state index in [-0.39, 0.29) is 10.3 Å². The fourth-order valence-electron chi connectivity index (χ4n) is 1.91. The van der Waals surface area contributed by atoms with E-state index in [1.807, 2.05) is 19.9 Å². The molecule has 5 nitrogen and oxygen atoms in total.